The van der Waals surface area contributed by atoms with Crippen LogP contribution in [0.3, 0.4) is 0 Å². The second kappa shape index (κ2) is 9.75. The molecular weight excluding hydrogens is 446 g/mol. The fourth-order valence-corrected chi connectivity index (χ4v) is 4.71. The van der Waals surface area contributed by atoms with Crippen LogP contribution in [-0.2, 0) is 12.3 Å². The summed E-state index contributed by atoms with van der Waals surface area (Å²) in [6.45, 7) is 2.09. The third kappa shape index (κ3) is 4.56. The lowest BCUT2D eigenvalue weighted by Gasteiger charge is -2.12. The van der Waals surface area contributed by atoms with Gasteiger partial charge in [-0.15, -0.1) is 23.1 Å². The highest BCUT2D eigenvalue weighted by Gasteiger charge is 2.18. The Morgan fingerprint density at radius 2 is 1.75 bits per heavy atom. The van der Waals surface area contributed by atoms with Gasteiger partial charge in [0.2, 0.25) is 0 Å². The minimum atomic E-state index is -0.607. The average molecular weight is 466 g/mol. The largest absolute Gasteiger partial charge is 0.290 e. The molecule has 2 N–H and O–H groups in total. The van der Waals surface area contributed by atoms with E-state index in [-0.39, 0.29) is 11.3 Å². The van der Waals surface area contributed by atoms with Crippen molar-refractivity contribution in [3.63, 3.8) is 0 Å². The van der Waals surface area contributed by atoms with E-state index in [1.54, 1.807) is 48.8 Å². The average Bonchev–Trinajstić information content (AvgIpc) is 3.35. The zero-order valence-corrected chi connectivity index (χ0v) is 18.7. The molecular formula is C22H19N5O3S2. The van der Waals surface area contributed by atoms with Gasteiger partial charge in [0.1, 0.15) is 0 Å². The van der Waals surface area contributed by atoms with Crippen LogP contribution < -0.4 is 16.4 Å². The third-order valence-electron chi connectivity index (χ3n) is 4.66. The third-order valence-corrected chi connectivity index (χ3v) is 6.41. The van der Waals surface area contributed by atoms with Gasteiger partial charge in [0, 0.05) is 28.0 Å². The first-order valence-electron chi connectivity index (χ1n) is 9.78. The number of nitrogens with zero attached hydrogens (tertiary/aromatic N) is 3. The van der Waals surface area contributed by atoms with E-state index in [0.717, 1.165) is 10.6 Å². The maximum Gasteiger partial charge on any atom is 0.290 e. The van der Waals surface area contributed by atoms with Crippen molar-refractivity contribution in [2.75, 3.05) is 0 Å². The smallest absolute Gasteiger partial charge is 0.267 e. The Morgan fingerprint density at radius 3 is 2.50 bits per heavy atom. The summed E-state index contributed by atoms with van der Waals surface area (Å²) < 4.78 is 1.23. The van der Waals surface area contributed by atoms with Crippen LogP contribution in [-0.4, -0.2) is 26.6 Å². The van der Waals surface area contributed by atoms with Crippen LogP contribution in [0.15, 0.2) is 69.1 Å². The molecule has 10 heteroatoms. The first-order valence-corrected chi connectivity index (χ1v) is 11.7. The van der Waals surface area contributed by atoms with Crippen LogP contribution in [0.25, 0.3) is 10.8 Å². The normalized spacial score (nSPS) is 10.8. The van der Waals surface area contributed by atoms with Gasteiger partial charge in [0.25, 0.3) is 17.4 Å². The van der Waals surface area contributed by atoms with Gasteiger partial charge in [-0.25, -0.2) is 9.67 Å². The fraction of sp³-hybridized carbons (Fsp3) is 0.136. The van der Waals surface area contributed by atoms with Gasteiger partial charge in [0.15, 0.2) is 5.69 Å². The molecule has 0 aliphatic rings. The molecule has 2 aromatic heterocycles. The first kappa shape index (κ1) is 21.7. The van der Waals surface area contributed by atoms with E-state index in [1.807, 2.05) is 17.5 Å². The fourth-order valence-electron chi connectivity index (χ4n) is 3.10. The van der Waals surface area contributed by atoms with Gasteiger partial charge in [-0.05, 0) is 25.1 Å². The lowest BCUT2D eigenvalue weighted by atomic mass is 10.1. The summed E-state index contributed by atoms with van der Waals surface area (Å²) in [6, 6.07) is 13.9. The van der Waals surface area contributed by atoms with Crippen molar-refractivity contribution >= 4 is 45.7 Å². The summed E-state index contributed by atoms with van der Waals surface area (Å²) >= 11 is 3.01. The van der Waals surface area contributed by atoms with Crippen molar-refractivity contribution in [3.8, 4) is 0 Å². The van der Waals surface area contributed by atoms with Crippen molar-refractivity contribution in [3.05, 3.63) is 86.7 Å². The molecule has 0 saturated heterocycles. The van der Waals surface area contributed by atoms with Crippen LogP contribution in [0.2, 0.25) is 0 Å². The minimum Gasteiger partial charge on any atom is -0.267 e. The molecule has 4 aromatic rings. The number of thiazole rings is 1. The van der Waals surface area contributed by atoms with Gasteiger partial charge >= 0.3 is 0 Å². The Labute approximate surface area is 191 Å². The first-order chi connectivity index (χ1) is 15.6. The topological polar surface area (TPSA) is 106 Å². The molecule has 2 amide bonds. The number of aromatic nitrogens is 3. The Kier molecular flexibility index (Phi) is 6.62. The standard InChI is InChI=1S/C22H19N5O3S2/c1-2-27-22(30)16-8-4-3-7-15(16)19(26-27)21(29)25-24-20(28)17-9-5-6-10-18(17)32-12-14-11-31-13-23-14/h3-11,13H,2,12H2,1H3,(H,24,28)(H,25,29). The highest BCUT2D eigenvalue weighted by Crippen LogP contribution is 2.26. The summed E-state index contributed by atoms with van der Waals surface area (Å²) in [7, 11) is 0. The zero-order chi connectivity index (χ0) is 22.5. The molecule has 0 atom stereocenters. The van der Waals surface area contributed by atoms with E-state index in [4.69, 9.17) is 0 Å². The molecule has 4 rings (SSSR count). The van der Waals surface area contributed by atoms with Crippen molar-refractivity contribution in [2.45, 2.75) is 24.1 Å². The Bertz CT molecular complexity index is 1340. The van der Waals surface area contributed by atoms with Crippen LogP contribution in [0.1, 0.15) is 33.5 Å². The van der Waals surface area contributed by atoms with Gasteiger partial charge in [-0.2, -0.15) is 5.10 Å². The summed E-state index contributed by atoms with van der Waals surface area (Å²) in [5.41, 5.74) is 7.81. The quantitative estimate of drug-likeness (QED) is 0.335. The Morgan fingerprint density at radius 1 is 1.03 bits per heavy atom. The molecule has 2 aromatic carbocycles. The molecule has 0 aliphatic carbocycles. The van der Waals surface area contributed by atoms with E-state index in [9.17, 15) is 14.4 Å². The molecule has 0 spiro atoms. The Balaban J connectivity index is 1.51. The van der Waals surface area contributed by atoms with Crippen molar-refractivity contribution in [1.82, 2.24) is 25.6 Å². The molecule has 2 heterocycles. The Hall–Kier alpha value is -3.50. The number of amides is 2. The minimum absolute atomic E-state index is 0.0635. The summed E-state index contributed by atoms with van der Waals surface area (Å²) in [4.78, 5) is 43.1. The highest BCUT2D eigenvalue weighted by molar-refractivity contribution is 7.98. The van der Waals surface area contributed by atoms with E-state index in [0.29, 0.717) is 28.6 Å². The number of hydrazine groups is 1. The molecule has 0 aliphatic heterocycles. The molecule has 0 fully saturated rings. The summed E-state index contributed by atoms with van der Waals surface area (Å²) in [6.07, 6.45) is 0. The lowest BCUT2D eigenvalue weighted by Crippen LogP contribution is -2.43. The molecule has 162 valence electrons. The summed E-state index contributed by atoms with van der Waals surface area (Å²) in [5, 5.41) is 6.95. The SMILES string of the molecule is CCn1nc(C(=O)NNC(=O)c2ccccc2SCc2cscn2)c2ccccc2c1=O. The van der Waals surface area contributed by atoms with E-state index < -0.39 is 11.8 Å². The molecule has 0 unspecified atom stereocenters. The number of hydrogen-bond acceptors (Lipinski definition) is 7. The number of rotatable bonds is 6. The number of fused-ring (bicyclic) bond motifs is 1. The number of benzene rings is 2. The van der Waals surface area contributed by atoms with Gasteiger partial charge < -0.3 is 0 Å². The van der Waals surface area contributed by atoms with Gasteiger partial charge in [-0.3, -0.25) is 25.2 Å². The van der Waals surface area contributed by atoms with Crippen LogP contribution >= 0.6 is 23.1 Å². The predicted molar refractivity (Wildman–Crippen MR) is 125 cm³/mol. The second-order valence-electron chi connectivity index (χ2n) is 6.69. The number of carbonyl (C=O) groups is 2. The van der Waals surface area contributed by atoms with Gasteiger partial charge in [0.05, 0.1) is 22.2 Å². The predicted octanol–water partition coefficient (Wildman–Crippen LogP) is 3.24. The lowest BCUT2D eigenvalue weighted by molar-refractivity contribution is 0.0842. The number of nitrogens with one attached hydrogen (secondary N) is 2. The molecule has 0 saturated carbocycles. The zero-order valence-electron chi connectivity index (χ0n) is 17.1. The van der Waals surface area contributed by atoms with E-state index >= 15 is 0 Å². The molecule has 0 radical (unpaired) electrons. The van der Waals surface area contributed by atoms with Crippen LogP contribution in [0.4, 0.5) is 0 Å². The highest BCUT2D eigenvalue weighted by atomic mass is 32.2. The molecule has 32 heavy (non-hydrogen) atoms. The molecule has 0 bridgehead atoms. The van der Waals surface area contributed by atoms with E-state index in [2.05, 4.69) is 20.9 Å². The van der Waals surface area contributed by atoms with E-state index in [1.165, 1.54) is 27.8 Å². The van der Waals surface area contributed by atoms with Crippen LogP contribution in [0.5, 0.6) is 0 Å². The maximum absolute atomic E-state index is 12.8. The number of hydrogen-bond donors (Lipinski definition) is 2. The maximum atomic E-state index is 12.8. The van der Waals surface area contributed by atoms with Gasteiger partial charge in [-0.1, -0.05) is 30.3 Å². The van der Waals surface area contributed by atoms with Crippen molar-refractivity contribution < 1.29 is 9.59 Å². The number of thioether (sulfide) groups is 1. The van der Waals surface area contributed by atoms with Crippen molar-refractivity contribution in [2.24, 2.45) is 0 Å². The van der Waals surface area contributed by atoms with Crippen molar-refractivity contribution in [1.29, 1.82) is 0 Å². The second-order valence-corrected chi connectivity index (χ2v) is 8.42. The summed E-state index contributed by atoms with van der Waals surface area (Å²) in [5.74, 6) is -0.425. The number of carbonyl (C=O) groups excluding carboxylic acids is 2. The monoisotopic (exact) mass is 465 g/mol. The van der Waals surface area contributed by atoms with Crippen LogP contribution in [0, 0.1) is 0 Å². The number of aryl methyl sites for hydroxylation is 1. The molecule has 8 nitrogen and oxygen atoms in total.